The predicted molar refractivity (Wildman–Crippen MR) is 91.2 cm³/mol. The molecule has 0 saturated carbocycles. The van der Waals surface area contributed by atoms with E-state index in [9.17, 15) is 14.4 Å². The van der Waals surface area contributed by atoms with Gasteiger partial charge in [0.05, 0.1) is 34.5 Å². The summed E-state index contributed by atoms with van der Waals surface area (Å²) in [5.41, 5.74) is 7.72. The fraction of sp³-hybridized carbons (Fsp3) is 0.176. The summed E-state index contributed by atoms with van der Waals surface area (Å²) in [6, 6.07) is 6.46. The average Bonchev–Trinajstić information content (AvgIpc) is 3.11. The number of anilines is 1. The zero-order valence-corrected chi connectivity index (χ0v) is 13.5. The molecule has 3 N–H and O–H groups in total. The van der Waals surface area contributed by atoms with Gasteiger partial charge in [-0.05, 0) is 18.2 Å². The molecule has 0 unspecified atom stereocenters. The molecule has 0 radical (unpaired) electrons. The van der Waals surface area contributed by atoms with E-state index in [1.54, 1.807) is 12.1 Å². The van der Waals surface area contributed by atoms with Crippen molar-refractivity contribution in [2.45, 2.75) is 13.2 Å². The maximum atomic E-state index is 12.5. The number of imide groups is 1. The number of fused-ring (bicyclic) bond motifs is 4. The first-order valence-corrected chi connectivity index (χ1v) is 8.03. The third-order valence-electron chi connectivity index (χ3n) is 4.71. The fourth-order valence-electron chi connectivity index (χ4n) is 3.53. The van der Waals surface area contributed by atoms with Gasteiger partial charge in [-0.15, -0.1) is 0 Å². The Balaban J connectivity index is 1.74. The molecule has 2 aliphatic heterocycles. The van der Waals surface area contributed by atoms with E-state index in [-0.39, 0.29) is 16.9 Å². The van der Waals surface area contributed by atoms with Crippen LogP contribution >= 0.6 is 0 Å². The van der Waals surface area contributed by atoms with Crippen molar-refractivity contribution < 1.29 is 14.3 Å². The highest BCUT2D eigenvalue weighted by Gasteiger charge is 2.32. The molecule has 2 amide bonds. The van der Waals surface area contributed by atoms with Gasteiger partial charge in [0, 0.05) is 12.6 Å². The van der Waals surface area contributed by atoms with E-state index >= 15 is 0 Å². The molecule has 2 aliphatic rings. The van der Waals surface area contributed by atoms with Crippen LogP contribution in [0.1, 0.15) is 26.5 Å². The van der Waals surface area contributed by atoms with Gasteiger partial charge in [-0.2, -0.15) is 0 Å². The Hall–Kier alpha value is -3.46. The van der Waals surface area contributed by atoms with Crippen molar-refractivity contribution in [3.63, 3.8) is 0 Å². The van der Waals surface area contributed by atoms with Crippen LogP contribution in [0.2, 0.25) is 0 Å². The molecule has 0 bridgehead atoms. The van der Waals surface area contributed by atoms with Gasteiger partial charge < -0.3 is 15.0 Å². The first kappa shape index (κ1) is 14.8. The van der Waals surface area contributed by atoms with E-state index in [4.69, 9.17) is 10.5 Å². The van der Waals surface area contributed by atoms with E-state index in [1.807, 2.05) is 6.07 Å². The summed E-state index contributed by atoms with van der Waals surface area (Å²) in [7, 11) is 0. The molecule has 3 aromatic rings. The largest absolute Gasteiger partial charge is 0.384 e. The highest BCUT2D eigenvalue weighted by Crippen LogP contribution is 2.26. The molecule has 1 aromatic carbocycles. The van der Waals surface area contributed by atoms with Crippen molar-refractivity contribution >= 4 is 28.7 Å². The summed E-state index contributed by atoms with van der Waals surface area (Å²) in [5, 5.41) is 2.15. The molecule has 2 aromatic heterocycles. The van der Waals surface area contributed by atoms with Gasteiger partial charge in [0.25, 0.3) is 17.4 Å². The van der Waals surface area contributed by atoms with Gasteiger partial charge in [-0.1, -0.05) is 0 Å². The number of carbonyl (C=O) groups excluding carboxylic acids is 2. The second-order valence-electron chi connectivity index (χ2n) is 6.18. The van der Waals surface area contributed by atoms with Crippen LogP contribution in [0.3, 0.4) is 0 Å². The van der Waals surface area contributed by atoms with Crippen LogP contribution in [0, 0.1) is 0 Å². The van der Waals surface area contributed by atoms with Crippen LogP contribution in [0.15, 0.2) is 29.1 Å². The molecule has 130 valence electrons. The summed E-state index contributed by atoms with van der Waals surface area (Å²) in [4.78, 5) is 40.8. The summed E-state index contributed by atoms with van der Waals surface area (Å²) in [6.07, 6.45) is 0. The minimum absolute atomic E-state index is 0.00410. The molecule has 9 heteroatoms. The number of hydrogen-bond donors (Lipinski definition) is 2. The van der Waals surface area contributed by atoms with Crippen molar-refractivity contribution in [2.24, 2.45) is 0 Å². The zero-order chi connectivity index (χ0) is 18.0. The molecular formula is C17H13N5O4. The van der Waals surface area contributed by atoms with E-state index in [0.717, 1.165) is 17.4 Å². The van der Waals surface area contributed by atoms with Crippen LogP contribution in [0.25, 0.3) is 16.7 Å². The molecule has 5 rings (SSSR count). The van der Waals surface area contributed by atoms with Gasteiger partial charge in [-0.25, -0.2) is 4.98 Å². The molecule has 0 atom stereocenters. The van der Waals surface area contributed by atoms with Crippen LogP contribution in [-0.2, 0) is 17.9 Å². The lowest BCUT2D eigenvalue weighted by atomic mass is 10.1. The minimum atomic E-state index is -0.613. The molecule has 26 heavy (non-hydrogen) atoms. The quantitative estimate of drug-likeness (QED) is 0.604. The summed E-state index contributed by atoms with van der Waals surface area (Å²) < 4.78 is 8.70. The third-order valence-corrected chi connectivity index (χ3v) is 4.71. The average molecular weight is 351 g/mol. The lowest BCUT2D eigenvalue weighted by Gasteiger charge is -2.15. The molecule has 0 saturated heterocycles. The Labute approximate surface area is 146 Å². The highest BCUT2D eigenvalue weighted by atomic mass is 16.5. The van der Waals surface area contributed by atoms with Gasteiger partial charge in [0.15, 0.2) is 0 Å². The molecule has 4 heterocycles. The molecule has 0 spiro atoms. The molecule has 0 aliphatic carbocycles. The van der Waals surface area contributed by atoms with Gasteiger partial charge in [0.1, 0.15) is 18.2 Å². The second-order valence-corrected chi connectivity index (χ2v) is 6.18. The topological polar surface area (TPSA) is 121 Å². The van der Waals surface area contributed by atoms with Crippen LogP contribution in [0.4, 0.5) is 5.82 Å². The Morgan fingerprint density at radius 2 is 2.00 bits per heavy atom. The lowest BCUT2D eigenvalue weighted by molar-refractivity contribution is 0.0830. The Bertz CT molecular complexity index is 1190. The summed E-state index contributed by atoms with van der Waals surface area (Å²) >= 11 is 0. The summed E-state index contributed by atoms with van der Waals surface area (Å²) in [6.45, 7) is 1.78. The maximum absolute atomic E-state index is 12.5. The van der Waals surface area contributed by atoms with Crippen molar-refractivity contribution in [1.29, 1.82) is 0 Å². The zero-order valence-electron chi connectivity index (χ0n) is 13.5. The fourth-order valence-corrected chi connectivity index (χ4v) is 3.53. The van der Waals surface area contributed by atoms with E-state index in [1.165, 1.54) is 4.57 Å². The van der Waals surface area contributed by atoms with Crippen molar-refractivity contribution in [3.05, 3.63) is 51.6 Å². The minimum Gasteiger partial charge on any atom is -0.384 e. The third kappa shape index (κ3) is 1.88. The smallest absolute Gasteiger partial charge is 0.262 e. The van der Waals surface area contributed by atoms with E-state index < -0.39 is 17.4 Å². The number of nitrogens with two attached hydrogens (primary N) is 1. The van der Waals surface area contributed by atoms with Gasteiger partial charge >= 0.3 is 0 Å². The first-order valence-electron chi connectivity index (χ1n) is 8.03. The standard InChI is InChI=1S/C17H13N5O4/c18-15-14-9(16(24)20-17(14)25)6-13(23)22(15)8-1-2-11-10(5-8)19-12-7-26-4-3-21(11)12/h1-2,5-6H,3-4,7,18H2,(H,20,24,25). The number of benzene rings is 1. The number of nitrogen functional groups attached to an aromatic ring is 1. The SMILES string of the molecule is Nc1c2c(cc(=O)n1-c1ccc3c(c1)nc1n3CCOC1)C(=O)NC2=O. The normalized spacial score (nSPS) is 15.8. The first-order chi connectivity index (χ1) is 12.5. The number of nitrogens with one attached hydrogen (secondary N) is 1. The monoisotopic (exact) mass is 351 g/mol. The van der Waals surface area contributed by atoms with Crippen molar-refractivity contribution in [3.8, 4) is 5.69 Å². The van der Waals surface area contributed by atoms with E-state index in [0.29, 0.717) is 31.0 Å². The predicted octanol–water partition coefficient (Wildman–Crippen LogP) is 0.183. The number of aromatic nitrogens is 3. The molecule has 0 fully saturated rings. The number of imidazole rings is 1. The number of pyridine rings is 1. The number of nitrogens with zero attached hydrogens (tertiary/aromatic N) is 3. The number of hydrogen-bond acceptors (Lipinski definition) is 6. The van der Waals surface area contributed by atoms with E-state index in [2.05, 4.69) is 14.9 Å². The number of carbonyl (C=O) groups is 2. The molecule has 9 nitrogen and oxygen atoms in total. The number of amides is 2. The summed E-state index contributed by atoms with van der Waals surface area (Å²) in [5.74, 6) is -0.463. The Morgan fingerprint density at radius 3 is 2.85 bits per heavy atom. The highest BCUT2D eigenvalue weighted by molar-refractivity contribution is 6.23. The van der Waals surface area contributed by atoms with Crippen LogP contribution < -0.4 is 16.6 Å². The van der Waals surface area contributed by atoms with Gasteiger partial charge in [-0.3, -0.25) is 24.3 Å². The maximum Gasteiger partial charge on any atom is 0.262 e. The lowest BCUT2D eigenvalue weighted by Crippen LogP contribution is -2.24. The Morgan fingerprint density at radius 1 is 1.15 bits per heavy atom. The van der Waals surface area contributed by atoms with Crippen LogP contribution in [-0.4, -0.2) is 32.5 Å². The van der Waals surface area contributed by atoms with Crippen molar-refractivity contribution in [1.82, 2.24) is 19.4 Å². The second kappa shape index (κ2) is 5.02. The Kier molecular flexibility index (Phi) is 2.87. The van der Waals surface area contributed by atoms with Crippen LogP contribution in [0.5, 0.6) is 0 Å². The number of rotatable bonds is 1. The van der Waals surface area contributed by atoms with Gasteiger partial charge in [0.2, 0.25) is 0 Å². The number of ether oxygens (including phenoxy) is 1. The van der Waals surface area contributed by atoms with Crippen molar-refractivity contribution in [2.75, 3.05) is 12.3 Å². The molecular weight excluding hydrogens is 338 g/mol.